The first kappa shape index (κ1) is 13.2. The number of rotatable bonds is 1. The number of hydrogen-bond acceptors (Lipinski definition) is 4. The maximum absolute atomic E-state index is 6.14. The Hall–Kier alpha value is -2.53. The molecule has 0 spiro atoms. The van der Waals surface area contributed by atoms with E-state index < -0.39 is 0 Å². The second-order valence-electron chi connectivity index (χ2n) is 5.02. The standard InChI is InChI=1S/C17H11BrN4/c18-11-3-4-15-13(6-11)12-7-16(10-2-1-5-20-8-10)22-17(19)14(12)9-21-15/h1-9H,(H2,19,22). The van der Waals surface area contributed by atoms with E-state index >= 15 is 0 Å². The molecule has 22 heavy (non-hydrogen) atoms. The third-order valence-corrected chi connectivity index (χ3v) is 4.12. The van der Waals surface area contributed by atoms with Gasteiger partial charge in [-0.15, -0.1) is 0 Å². The van der Waals surface area contributed by atoms with Crippen molar-refractivity contribution in [2.24, 2.45) is 0 Å². The highest BCUT2D eigenvalue weighted by Crippen LogP contribution is 2.31. The fraction of sp³-hybridized carbons (Fsp3) is 0. The van der Waals surface area contributed by atoms with Gasteiger partial charge in [0.1, 0.15) is 5.82 Å². The lowest BCUT2D eigenvalue weighted by Gasteiger charge is -2.09. The van der Waals surface area contributed by atoms with Crippen LogP contribution in [0.5, 0.6) is 0 Å². The maximum atomic E-state index is 6.14. The topological polar surface area (TPSA) is 64.7 Å². The number of nitrogen functional groups attached to an aromatic ring is 1. The molecule has 1 aromatic carbocycles. The Balaban J connectivity index is 2.11. The van der Waals surface area contributed by atoms with Crippen LogP contribution < -0.4 is 5.73 Å². The molecule has 3 heterocycles. The van der Waals surface area contributed by atoms with Crippen molar-refractivity contribution in [3.63, 3.8) is 0 Å². The van der Waals surface area contributed by atoms with Crippen LogP contribution in [0.3, 0.4) is 0 Å². The largest absolute Gasteiger partial charge is 0.383 e. The SMILES string of the molecule is Nc1nc(-c2cccnc2)cc2c1cnc1ccc(Br)cc12. The first-order chi connectivity index (χ1) is 10.7. The molecule has 106 valence electrons. The molecule has 4 nitrogen and oxygen atoms in total. The molecular weight excluding hydrogens is 340 g/mol. The van der Waals surface area contributed by atoms with Crippen molar-refractivity contribution in [2.45, 2.75) is 0 Å². The van der Waals surface area contributed by atoms with Gasteiger partial charge in [0.15, 0.2) is 0 Å². The number of hydrogen-bond donors (Lipinski definition) is 1. The summed E-state index contributed by atoms with van der Waals surface area (Å²) in [5, 5.41) is 2.95. The Morgan fingerprint density at radius 2 is 1.86 bits per heavy atom. The van der Waals surface area contributed by atoms with Crippen LogP contribution in [0.2, 0.25) is 0 Å². The summed E-state index contributed by atoms with van der Waals surface area (Å²) in [6, 6.07) is 11.9. The Bertz CT molecular complexity index is 999. The predicted molar refractivity (Wildman–Crippen MR) is 92.4 cm³/mol. The zero-order chi connectivity index (χ0) is 15.1. The normalized spacial score (nSPS) is 11.1. The van der Waals surface area contributed by atoms with Gasteiger partial charge in [-0.25, -0.2) is 4.98 Å². The number of halogens is 1. The van der Waals surface area contributed by atoms with Crippen LogP contribution in [-0.2, 0) is 0 Å². The summed E-state index contributed by atoms with van der Waals surface area (Å²) in [7, 11) is 0. The quantitative estimate of drug-likeness (QED) is 0.522. The van der Waals surface area contributed by atoms with Crippen molar-refractivity contribution in [3.8, 4) is 11.3 Å². The highest BCUT2D eigenvalue weighted by molar-refractivity contribution is 9.10. The van der Waals surface area contributed by atoms with Gasteiger partial charge in [-0.05, 0) is 41.8 Å². The van der Waals surface area contributed by atoms with Crippen LogP contribution in [0.15, 0.2) is 59.5 Å². The lowest BCUT2D eigenvalue weighted by Crippen LogP contribution is -1.96. The summed E-state index contributed by atoms with van der Waals surface area (Å²) < 4.78 is 1.01. The van der Waals surface area contributed by atoms with Gasteiger partial charge in [0.05, 0.1) is 11.2 Å². The van der Waals surface area contributed by atoms with Crippen LogP contribution in [-0.4, -0.2) is 15.0 Å². The third kappa shape index (κ3) is 2.10. The summed E-state index contributed by atoms with van der Waals surface area (Å²) in [5.41, 5.74) is 8.82. The summed E-state index contributed by atoms with van der Waals surface area (Å²) in [6.45, 7) is 0. The highest BCUT2D eigenvalue weighted by Gasteiger charge is 2.09. The Labute approximate surface area is 135 Å². The predicted octanol–water partition coefficient (Wildman–Crippen LogP) is 4.19. The number of benzene rings is 1. The van der Waals surface area contributed by atoms with Crippen LogP contribution in [0.4, 0.5) is 5.82 Å². The van der Waals surface area contributed by atoms with Gasteiger partial charge >= 0.3 is 0 Å². The lowest BCUT2D eigenvalue weighted by molar-refractivity contribution is 1.29. The van der Waals surface area contributed by atoms with Gasteiger partial charge in [0.25, 0.3) is 0 Å². The molecule has 0 aliphatic carbocycles. The fourth-order valence-corrected chi connectivity index (χ4v) is 2.93. The molecule has 0 aliphatic rings. The summed E-state index contributed by atoms with van der Waals surface area (Å²) >= 11 is 3.52. The Morgan fingerprint density at radius 1 is 0.955 bits per heavy atom. The van der Waals surface area contributed by atoms with E-state index in [1.54, 1.807) is 18.6 Å². The van der Waals surface area contributed by atoms with E-state index in [0.717, 1.165) is 37.4 Å². The molecule has 0 unspecified atom stereocenters. The van der Waals surface area contributed by atoms with Crippen LogP contribution in [0.25, 0.3) is 32.9 Å². The Kier molecular flexibility index (Phi) is 3.01. The molecular formula is C17H11BrN4. The summed E-state index contributed by atoms with van der Waals surface area (Å²) in [4.78, 5) is 13.1. The number of anilines is 1. The van der Waals surface area contributed by atoms with Gasteiger partial charge in [0.2, 0.25) is 0 Å². The smallest absolute Gasteiger partial charge is 0.133 e. The van der Waals surface area contributed by atoms with Gasteiger partial charge in [0, 0.05) is 39.4 Å². The zero-order valence-electron chi connectivity index (χ0n) is 11.5. The molecule has 0 saturated carbocycles. The van der Waals surface area contributed by atoms with Crippen molar-refractivity contribution in [1.29, 1.82) is 0 Å². The molecule has 4 aromatic rings. The van der Waals surface area contributed by atoms with Crippen LogP contribution >= 0.6 is 15.9 Å². The minimum absolute atomic E-state index is 0.478. The van der Waals surface area contributed by atoms with Crippen molar-refractivity contribution < 1.29 is 0 Å². The number of nitrogens with two attached hydrogens (primary N) is 1. The molecule has 0 amide bonds. The first-order valence-electron chi connectivity index (χ1n) is 6.77. The van der Waals surface area contributed by atoms with Gasteiger partial charge in [-0.2, -0.15) is 0 Å². The van der Waals surface area contributed by atoms with Crippen LogP contribution in [0.1, 0.15) is 0 Å². The number of pyridine rings is 3. The molecule has 0 radical (unpaired) electrons. The number of aromatic nitrogens is 3. The molecule has 2 N–H and O–H groups in total. The minimum Gasteiger partial charge on any atom is -0.383 e. The second-order valence-corrected chi connectivity index (χ2v) is 5.93. The monoisotopic (exact) mass is 350 g/mol. The molecule has 0 bridgehead atoms. The molecule has 4 rings (SSSR count). The number of fused-ring (bicyclic) bond motifs is 3. The molecule has 3 aromatic heterocycles. The first-order valence-corrected chi connectivity index (χ1v) is 7.56. The van der Waals surface area contributed by atoms with Crippen molar-refractivity contribution >= 4 is 43.4 Å². The molecule has 0 atom stereocenters. The molecule has 0 fully saturated rings. The summed E-state index contributed by atoms with van der Waals surface area (Å²) in [6.07, 6.45) is 5.30. The average molecular weight is 351 g/mol. The van der Waals surface area contributed by atoms with E-state index in [4.69, 9.17) is 5.73 Å². The van der Waals surface area contributed by atoms with Gasteiger partial charge < -0.3 is 5.73 Å². The molecule has 0 aliphatic heterocycles. The average Bonchev–Trinajstić information content (AvgIpc) is 2.55. The number of nitrogens with zero attached hydrogens (tertiary/aromatic N) is 3. The van der Waals surface area contributed by atoms with E-state index in [1.165, 1.54) is 0 Å². The van der Waals surface area contributed by atoms with E-state index in [1.807, 2.05) is 30.3 Å². The van der Waals surface area contributed by atoms with E-state index in [0.29, 0.717) is 5.82 Å². The van der Waals surface area contributed by atoms with Crippen LogP contribution in [0, 0.1) is 0 Å². The second kappa shape index (κ2) is 5.03. The van der Waals surface area contributed by atoms with E-state index in [2.05, 4.69) is 36.9 Å². The molecule has 0 saturated heterocycles. The van der Waals surface area contributed by atoms with Crippen molar-refractivity contribution in [3.05, 3.63) is 59.5 Å². The molecule has 5 heteroatoms. The van der Waals surface area contributed by atoms with E-state index in [-0.39, 0.29) is 0 Å². The Morgan fingerprint density at radius 3 is 2.68 bits per heavy atom. The minimum atomic E-state index is 0.478. The van der Waals surface area contributed by atoms with Gasteiger partial charge in [-0.3, -0.25) is 9.97 Å². The van der Waals surface area contributed by atoms with Gasteiger partial charge in [-0.1, -0.05) is 15.9 Å². The highest BCUT2D eigenvalue weighted by atomic mass is 79.9. The zero-order valence-corrected chi connectivity index (χ0v) is 13.1. The fourth-order valence-electron chi connectivity index (χ4n) is 2.57. The summed E-state index contributed by atoms with van der Waals surface area (Å²) in [5.74, 6) is 0.478. The lowest BCUT2D eigenvalue weighted by atomic mass is 10.0. The van der Waals surface area contributed by atoms with E-state index in [9.17, 15) is 0 Å². The third-order valence-electron chi connectivity index (χ3n) is 3.63. The van der Waals surface area contributed by atoms with Crippen molar-refractivity contribution in [2.75, 3.05) is 5.73 Å². The maximum Gasteiger partial charge on any atom is 0.133 e. The van der Waals surface area contributed by atoms with Crippen molar-refractivity contribution in [1.82, 2.24) is 15.0 Å².